The summed E-state index contributed by atoms with van der Waals surface area (Å²) in [5.74, 6) is 0.281. The van der Waals surface area contributed by atoms with Gasteiger partial charge in [0.1, 0.15) is 17.8 Å². The van der Waals surface area contributed by atoms with Crippen LogP contribution in [0.5, 0.6) is 0 Å². The average Bonchev–Trinajstić information content (AvgIpc) is 2.57. The predicted molar refractivity (Wildman–Crippen MR) is 98.6 cm³/mol. The number of aryl methyl sites for hydroxylation is 1. The zero-order valence-electron chi connectivity index (χ0n) is 13.0. The third-order valence-corrected chi connectivity index (χ3v) is 3.82. The molecule has 0 saturated heterocycles. The molecule has 3 aromatic rings. The molecule has 24 heavy (non-hydrogen) atoms. The van der Waals surface area contributed by atoms with Crippen molar-refractivity contribution >= 4 is 39.0 Å². The van der Waals surface area contributed by atoms with Crippen molar-refractivity contribution in [3.05, 3.63) is 76.7 Å². The van der Waals surface area contributed by atoms with Crippen molar-refractivity contribution < 1.29 is 4.79 Å². The molecular formula is C18H15BrN4O. The summed E-state index contributed by atoms with van der Waals surface area (Å²) in [7, 11) is 0. The van der Waals surface area contributed by atoms with Gasteiger partial charge in [0.25, 0.3) is 5.91 Å². The van der Waals surface area contributed by atoms with Crippen molar-refractivity contribution in [3.63, 3.8) is 0 Å². The van der Waals surface area contributed by atoms with E-state index in [9.17, 15) is 4.79 Å². The van der Waals surface area contributed by atoms with Crippen molar-refractivity contribution in [1.82, 2.24) is 9.97 Å². The van der Waals surface area contributed by atoms with E-state index in [1.165, 1.54) is 6.33 Å². The van der Waals surface area contributed by atoms with Gasteiger partial charge >= 0.3 is 0 Å². The van der Waals surface area contributed by atoms with Gasteiger partial charge in [-0.3, -0.25) is 4.79 Å². The fourth-order valence-electron chi connectivity index (χ4n) is 2.15. The van der Waals surface area contributed by atoms with E-state index in [-0.39, 0.29) is 5.91 Å². The summed E-state index contributed by atoms with van der Waals surface area (Å²) in [6.07, 6.45) is 1.37. The van der Waals surface area contributed by atoms with Gasteiger partial charge in [-0.05, 0) is 48.9 Å². The first-order valence-electron chi connectivity index (χ1n) is 7.33. The van der Waals surface area contributed by atoms with Gasteiger partial charge in [0.2, 0.25) is 0 Å². The summed E-state index contributed by atoms with van der Waals surface area (Å²) in [6.45, 7) is 1.97. The Morgan fingerprint density at radius 1 is 1.00 bits per heavy atom. The number of carbonyl (C=O) groups excluding carboxylic acids is 1. The molecule has 6 heteroatoms. The number of aromatic nitrogens is 2. The maximum atomic E-state index is 12.3. The molecule has 5 nitrogen and oxygen atoms in total. The molecule has 3 rings (SSSR count). The van der Waals surface area contributed by atoms with Crippen LogP contribution in [0.25, 0.3) is 0 Å². The number of rotatable bonds is 4. The zero-order chi connectivity index (χ0) is 16.9. The molecule has 0 unspecified atom stereocenters. The summed E-state index contributed by atoms with van der Waals surface area (Å²) >= 11 is 3.39. The fourth-order valence-corrected chi connectivity index (χ4v) is 2.41. The Kier molecular flexibility index (Phi) is 4.86. The van der Waals surface area contributed by atoms with Gasteiger partial charge in [0.15, 0.2) is 0 Å². The number of anilines is 3. The summed E-state index contributed by atoms with van der Waals surface area (Å²) in [5.41, 5.74) is 2.99. The van der Waals surface area contributed by atoms with Crippen LogP contribution >= 0.6 is 15.9 Å². The number of hydrogen-bond donors (Lipinski definition) is 2. The highest BCUT2D eigenvalue weighted by molar-refractivity contribution is 9.10. The summed E-state index contributed by atoms with van der Waals surface area (Å²) < 4.78 is 0.994. The molecule has 0 saturated carbocycles. The fraction of sp³-hybridized carbons (Fsp3) is 0.0556. The predicted octanol–water partition coefficient (Wildman–Crippen LogP) is 4.54. The molecule has 0 atom stereocenters. The lowest BCUT2D eigenvalue weighted by atomic mass is 10.2. The van der Waals surface area contributed by atoms with Crippen LogP contribution in [0.3, 0.4) is 0 Å². The Balaban J connectivity index is 1.74. The topological polar surface area (TPSA) is 66.9 Å². The number of amides is 1. The van der Waals surface area contributed by atoms with Crippen LogP contribution in [0.4, 0.5) is 17.2 Å². The number of nitrogens with zero attached hydrogens (tertiary/aromatic N) is 2. The van der Waals surface area contributed by atoms with Gasteiger partial charge in [0, 0.05) is 21.9 Å². The molecule has 0 spiro atoms. The molecule has 0 aliphatic carbocycles. The van der Waals surface area contributed by atoms with E-state index < -0.39 is 0 Å². The van der Waals surface area contributed by atoms with Crippen LogP contribution in [0.2, 0.25) is 0 Å². The van der Waals surface area contributed by atoms with Crippen LogP contribution in [0.1, 0.15) is 16.1 Å². The molecule has 1 aromatic heterocycles. The number of hydrogen-bond acceptors (Lipinski definition) is 4. The highest BCUT2D eigenvalue weighted by Crippen LogP contribution is 2.18. The molecular weight excluding hydrogens is 368 g/mol. The van der Waals surface area contributed by atoms with Crippen molar-refractivity contribution in [2.24, 2.45) is 0 Å². The zero-order valence-corrected chi connectivity index (χ0v) is 14.5. The van der Waals surface area contributed by atoms with Gasteiger partial charge in [-0.25, -0.2) is 9.97 Å². The third kappa shape index (κ3) is 4.17. The Labute approximate surface area is 148 Å². The van der Waals surface area contributed by atoms with Crippen molar-refractivity contribution in [3.8, 4) is 0 Å². The Morgan fingerprint density at radius 2 is 1.79 bits per heavy atom. The average molecular weight is 383 g/mol. The van der Waals surface area contributed by atoms with E-state index in [1.54, 1.807) is 6.07 Å². The van der Waals surface area contributed by atoms with Gasteiger partial charge in [0.05, 0.1) is 0 Å². The van der Waals surface area contributed by atoms with Crippen LogP contribution in [0.15, 0.2) is 65.4 Å². The number of benzene rings is 2. The van der Waals surface area contributed by atoms with Crippen LogP contribution in [0, 0.1) is 6.92 Å². The first-order chi connectivity index (χ1) is 11.6. The molecule has 2 aromatic carbocycles. The summed E-state index contributed by atoms with van der Waals surface area (Å²) in [4.78, 5) is 20.5. The normalized spacial score (nSPS) is 10.2. The second kappa shape index (κ2) is 7.23. The molecule has 0 fully saturated rings. The molecule has 0 aliphatic rings. The van der Waals surface area contributed by atoms with Crippen molar-refractivity contribution in [2.45, 2.75) is 6.92 Å². The van der Waals surface area contributed by atoms with Crippen molar-refractivity contribution in [2.75, 3.05) is 10.6 Å². The maximum Gasteiger partial charge on any atom is 0.274 e. The Hall–Kier alpha value is -2.73. The lowest BCUT2D eigenvalue weighted by Gasteiger charge is -2.08. The number of nitrogens with one attached hydrogen (secondary N) is 2. The minimum absolute atomic E-state index is 0.276. The van der Waals surface area contributed by atoms with Gasteiger partial charge in [-0.2, -0.15) is 0 Å². The molecule has 120 valence electrons. The standard InChI is InChI=1S/C18H15BrN4O/c1-12-3-2-4-15(9-12)23-18(24)16-10-17(21-11-20-16)22-14-7-5-13(19)6-8-14/h2-11H,1H3,(H,23,24)(H,20,21,22). The minimum Gasteiger partial charge on any atom is -0.340 e. The smallest absolute Gasteiger partial charge is 0.274 e. The van der Waals surface area contributed by atoms with Crippen LogP contribution < -0.4 is 10.6 Å². The Morgan fingerprint density at radius 3 is 2.54 bits per heavy atom. The number of carbonyl (C=O) groups is 1. The monoisotopic (exact) mass is 382 g/mol. The molecule has 0 aliphatic heterocycles. The lowest BCUT2D eigenvalue weighted by Crippen LogP contribution is -2.14. The van der Waals surface area contributed by atoms with Gasteiger partial charge < -0.3 is 10.6 Å². The molecule has 1 heterocycles. The van der Waals surface area contributed by atoms with Crippen LogP contribution in [-0.4, -0.2) is 15.9 Å². The van der Waals surface area contributed by atoms with E-state index in [0.29, 0.717) is 11.5 Å². The molecule has 2 N–H and O–H groups in total. The molecule has 1 amide bonds. The summed E-state index contributed by atoms with van der Waals surface area (Å²) in [5, 5.41) is 5.98. The van der Waals surface area contributed by atoms with Gasteiger partial charge in [-0.1, -0.05) is 28.1 Å². The highest BCUT2D eigenvalue weighted by Gasteiger charge is 2.09. The quantitative estimate of drug-likeness (QED) is 0.694. The van der Waals surface area contributed by atoms with Crippen molar-refractivity contribution in [1.29, 1.82) is 0 Å². The second-order valence-corrected chi connectivity index (χ2v) is 6.16. The summed E-state index contributed by atoms with van der Waals surface area (Å²) in [6, 6.07) is 16.9. The largest absolute Gasteiger partial charge is 0.340 e. The van der Waals surface area contributed by atoms with E-state index in [0.717, 1.165) is 21.4 Å². The first kappa shape index (κ1) is 16.1. The van der Waals surface area contributed by atoms with E-state index in [2.05, 4.69) is 36.5 Å². The van der Waals surface area contributed by atoms with E-state index in [1.807, 2.05) is 55.5 Å². The van der Waals surface area contributed by atoms with Crippen LogP contribution in [-0.2, 0) is 0 Å². The van der Waals surface area contributed by atoms with E-state index in [4.69, 9.17) is 0 Å². The van der Waals surface area contributed by atoms with E-state index >= 15 is 0 Å². The minimum atomic E-state index is -0.276. The maximum absolute atomic E-state index is 12.3. The molecule has 0 bridgehead atoms. The first-order valence-corrected chi connectivity index (χ1v) is 8.12. The molecule has 0 radical (unpaired) electrons. The third-order valence-electron chi connectivity index (χ3n) is 3.29. The highest BCUT2D eigenvalue weighted by atomic mass is 79.9. The Bertz CT molecular complexity index is 865. The second-order valence-electron chi connectivity index (χ2n) is 5.24. The SMILES string of the molecule is Cc1cccc(NC(=O)c2cc(Nc3ccc(Br)cc3)ncn2)c1. The number of halogens is 1. The van der Waals surface area contributed by atoms with Gasteiger partial charge in [-0.15, -0.1) is 0 Å². The lowest BCUT2D eigenvalue weighted by molar-refractivity contribution is 0.102.